The van der Waals surface area contributed by atoms with Gasteiger partial charge in [-0.15, -0.1) is 0 Å². The van der Waals surface area contributed by atoms with Crippen LogP contribution in [0.1, 0.15) is 25.3 Å². The van der Waals surface area contributed by atoms with Crippen LogP contribution in [-0.4, -0.2) is 22.2 Å². The van der Waals surface area contributed by atoms with Crippen molar-refractivity contribution in [3.63, 3.8) is 0 Å². The summed E-state index contributed by atoms with van der Waals surface area (Å²) in [6.45, 7) is 2.33. The van der Waals surface area contributed by atoms with E-state index in [0.29, 0.717) is 6.42 Å². The molecule has 15 heavy (non-hydrogen) atoms. The minimum atomic E-state index is -0.794. The van der Waals surface area contributed by atoms with E-state index in [-0.39, 0.29) is 6.54 Å². The number of hydrogen-bond donors (Lipinski definition) is 2. The molecule has 1 unspecified atom stereocenters. The number of pyridine rings is 1. The molecular formula is C11H17BrN2O. The molecule has 0 radical (unpaired) electrons. The average Bonchev–Trinajstić information content (AvgIpc) is 2.18. The average molecular weight is 273 g/mol. The zero-order chi connectivity index (χ0) is 11.3. The monoisotopic (exact) mass is 272 g/mol. The summed E-state index contributed by atoms with van der Waals surface area (Å²) >= 11 is 3.36. The van der Waals surface area contributed by atoms with Crippen molar-refractivity contribution < 1.29 is 5.11 Å². The van der Waals surface area contributed by atoms with Crippen molar-refractivity contribution in [2.75, 3.05) is 6.54 Å². The van der Waals surface area contributed by atoms with Crippen molar-refractivity contribution in [2.45, 2.75) is 31.8 Å². The van der Waals surface area contributed by atoms with Crippen LogP contribution in [0.25, 0.3) is 0 Å². The Morgan fingerprint density at radius 1 is 1.53 bits per heavy atom. The number of rotatable bonds is 5. The van der Waals surface area contributed by atoms with Crippen LogP contribution in [0.2, 0.25) is 0 Å². The third-order valence-corrected chi connectivity index (χ3v) is 2.82. The predicted molar refractivity (Wildman–Crippen MR) is 64.6 cm³/mol. The van der Waals surface area contributed by atoms with Crippen molar-refractivity contribution >= 4 is 15.9 Å². The van der Waals surface area contributed by atoms with E-state index in [0.717, 1.165) is 22.9 Å². The van der Waals surface area contributed by atoms with Crippen LogP contribution < -0.4 is 5.73 Å². The van der Waals surface area contributed by atoms with Gasteiger partial charge in [0.1, 0.15) is 0 Å². The molecule has 3 N–H and O–H groups in total. The molecule has 4 heteroatoms. The van der Waals surface area contributed by atoms with Gasteiger partial charge in [-0.3, -0.25) is 4.98 Å². The molecule has 1 atom stereocenters. The quantitative estimate of drug-likeness (QED) is 0.861. The van der Waals surface area contributed by atoms with E-state index in [9.17, 15) is 5.11 Å². The van der Waals surface area contributed by atoms with Crippen molar-refractivity contribution in [3.8, 4) is 0 Å². The lowest BCUT2D eigenvalue weighted by atomic mass is 9.91. The van der Waals surface area contributed by atoms with Gasteiger partial charge in [-0.25, -0.2) is 0 Å². The normalized spacial score (nSPS) is 14.9. The largest absolute Gasteiger partial charge is 0.388 e. The molecule has 0 fully saturated rings. The Bertz CT molecular complexity index is 319. The molecule has 84 valence electrons. The van der Waals surface area contributed by atoms with Gasteiger partial charge in [-0.1, -0.05) is 13.3 Å². The van der Waals surface area contributed by atoms with Gasteiger partial charge in [0.05, 0.1) is 5.60 Å². The lowest BCUT2D eigenvalue weighted by molar-refractivity contribution is 0.0398. The molecule has 0 aromatic carbocycles. The van der Waals surface area contributed by atoms with Crippen LogP contribution in [0.5, 0.6) is 0 Å². The first kappa shape index (κ1) is 12.6. The number of nitrogens with zero attached hydrogens (tertiary/aromatic N) is 1. The van der Waals surface area contributed by atoms with E-state index in [1.807, 2.05) is 13.0 Å². The molecule has 1 aromatic heterocycles. The van der Waals surface area contributed by atoms with Gasteiger partial charge >= 0.3 is 0 Å². The highest BCUT2D eigenvalue weighted by Crippen LogP contribution is 2.19. The van der Waals surface area contributed by atoms with Gasteiger partial charge in [-0.2, -0.15) is 0 Å². The van der Waals surface area contributed by atoms with Gasteiger partial charge in [-0.05, 0) is 34.0 Å². The maximum absolute atomic E-state index is 10.2. The van der Waals surface area contributed by atoms with Crippen LogP contribution in [0.15, 0.2) is 22.9 Å². The third-order valence-electron chi connectivity index (χ3n) is 2.39. The second-order valence-corrected chi connectivity index (χ2v) is 4.78. The van der Waals surface area contributed by atoms with Crippen molar-refractivity contribution in [1.29, 1.82) is 0 Å². The van der Waals surface area contributed by atoms with Gasteiger partial charge in [0.2, 0.25) is 0 Å². The zero-order valence-electron chi connectivity index (χ0n) is 8.91. The fourth-order valence-corrected chi connectivity index (χ4v) is 2.07. The summed E-state index contributed by atoms with van der Waals surface area (Å²) in [5, 5.41) is 10.2. The summed E-state index contributed by atoms with van der Waals surface area (Å²) in [4.78, 5) is 4.06. The van der Waals surface area contributed by atoms with E-state index < -0.39 is 5.60 Å². The SMILES string of the molecule is CCCC(O)(CN)Cc1cncc(Br)c1. The number of halogens is 1. The lowest BCUT2D eigenvalue weighted by Gasteiger charge is -2.26. The fraction of sp³-hybridized carbons (Fsp3) is 0.545. The predicted octanol–water partition coefficient (Wildman–Crippen LogP) is 1.88. The molecule has 1 aromatic rings. The summed E-state index contributed by atoms with van der Waals surface area (Å²) in [5.74, 6) is 0. The summed E-state index contributed by atoms with van der Waals surface area (Å²) in [6, 6.07) is 1.96. The second-order valence-electron chi connectivity index (χ2n) is 3.87. The lowest BCUT2D eigenvalue weighted by Crippen LogP contribution is -2.39. The van der Waals surface area contributed by atoms with Gasteiger partial charge in [0.25, 0.3) is 0 Å². The molecular weight excluding hydrogens is 256 g/mol. The van der Waals surface area contributed by atoms with Gasteiger partial charge in [0, 0.05) is 29.8 Å². The number of nitrogens with two attached hydrogens (primary N) is 1. The minimum absolute atomic E-state index is 0.285. The highest BCUT2D eigenvalue weighted by Gasteiger charge is 2.24. The summed E-state index contributed by atoms with van der Waals surface area (Å²) in [7, 11) is 0. The first-order valence-corrected chi connectivity index (χ1v) is 5.91. The first-order chi connectivity index (χ1) is 7.09. The third kappa shape index (κ3) is 3.89. The Kier molecular flexibility index (Phi) is 4.70. The van der Waals surface area contributed by atoms with E-state index in [4.69, 9.17) is 5.73 Å². The van der Waals surface area contributed by atoms with Crippen LogP contribution in [0.4, 0.5) is 0 Å². The first-order valence-electron chi connectivity index (χ1n) is 5.11. The van der Waals surface area contributed by atoms with Gasteiger partial charge < -0.3 is 10.8 Å². The summed E-state index contributed by atoms with van der Waals surface area (Å²) in [5.41, 5.74) is 5.81. The maximum atomic E-state index is 10.2. The molecule has 0 spiro atoms. The second kappa shape index (κ2) is 5.58. The smallest absolute Gasteiger partial charge is 0.0810 e. The molecule has 1 rings (SSSR count). The van der Waals surface area contributed by atoms with E-state index >= 15 is 0 Å². The van der Waals surface area contributed by atoms with Crippen molar-refractivity contribution in [3.05, 3.63) is 28.5 Å². The van der Waals surface area contributed by atoms with E-state index in [1.165, 1.54) is 0 Å². The topological polar surface area (TPSA) is 59.1 Å². The fourth-order valence-electron chi connectivity index (χ4n) is 1.66. The molecule has 3 nitrogen and oxygen atoms in total. The highest BCUT2D eigenvalue weighted by molar-refractivity contribution is 9.10. The van der Waals surface area contributed by atoms with Crippen LogP contribution in [0, 0.1) is 0 Å². The molecule has 0 aliphatic carbocycles. The van der Waals surface area contributed by atoms with Crippen LogP contribution in [-0.2, 0) is 6.42 Å². The zero-order valence-corrected chi connectivity index (χ0v) is 10.5. The minimum Gasteiger partial charge on any atom is -0.388 e. The van der Waals surface area contributed by atoms with Crippen molar-refractivity contribution in [2.24, 2.45) is 5.73 Å². The van der Waals surface area contributed by atoms with Crippen LogP contribution in [0.3, 0.4) is 0 Å². The number of aromatic nitrogens is 1. The maximum Gasteiger partial charge on any atom is 0.0810 e. The molecule has 0 amide bonds. The summed E-state index contributed by atoms with van der Waals surface area (Å²) < 4.78 is 0.927. The Balaban J connectivity index is 2.74. The van der Waals surface area contributed by atoms with Gasteiger partial charge in [0.15, 0.2) is 0 Å². The Hall–Kier alpha value is -0.450. The van der Waals surface area contributed by atoms with Crippen molar-refractivity contribution in [1.82, 2.24) is 4.98 Å². The van der Waals surface area contributed by atoms with E-state index in [1.54, 1.807) is 12.4 Å². The Labute approximate surface area is 98.8 Å². The van der Waals surface area contributed by atoms with Crippen LogP contribution >= 0.6 is 15.9 Å². The highest BCUT2D eigenvalue weighted by atomic mass is 79.9. The molecule has 1 heterocycles. The summed E-state index contributed by atoms with van der Waals surface area (Å²) in [6.07, 6.45) is 5.70. The molecule has 0 saturated carbocycles. The Morgan fingerprint density at radius 2 is 2.27 bits per heavy atom. The number of hydrogen-bond acceptors (Lipinski definition) is 3. The number of aliphatic hydroxyl groups is 1. The van der Waals surface area contributed by atoms with E-state index in [2.05, 4.69) is 20.9 Å². The molecule has 0 bridgehead atoms. The standard InChI is InChI=1S/C11H17BrN2O/c1-2-3-11(15,8-13)5-9-4-10(12)7-14-6-9/h4,6-7,15H,2-3,5,8,13H2,1H3. The molecule has 0 aliphatic rings. The molecule has 0 saturated heterocycles. The Morgan fingerprint density at radius 3 is 2.80 bits per heavy atom. The molecule has 0 aliphatic heterocycles.